The molecular weight excluding hydrogens is 276 g/mol. The number of carbonyl (C=O) groups is 1. The van der Waals surface area contributed by atoms with Gasteiger partial charge >= 0.3 is 0 Å². The summed E-state index contributed by atoms with van der Waals surface area (Å²) in [6, 6.07) is 10.7. The van der Waals surface area contributed by atoms with Gasteiger partial charge in [-0.25, -0.2) is 0 Å². The highest BCUT2D eigenvalue weighted by Gasteiger charge is 2.42. The number of nitrogens with one attached hydrogen (secondary N) is 2. The fourth-order valence-corrected chi connectivity index (χ4v) is 3.36. The first kappa shape index (κ1) is 15.5. The first-order valence-corrected chi connectivity index (χ1v) is 8.34. The van der Waals surface area contributed by atoms with Crippen LogP contribution in [0, 0.1) is 5.92 Å². The SMILES string of the molecule is COC1(C(=O)NC(Cc2ccccc2)C2CC2)CCNCC1. The average molecular weight is 302 g/mol. The van der Waals surface area contributed by atoms with Crippen molar-refractivity contribution in [1.82, 2.24) is 10.6 Å². The first-order valence-electron chi connectivity index (χ1n) is 8.34. The molecule has 0 spiro atoms. The van der Waals surface area contributed by atoms with Crippen LogP contribution >= 0.6 is 0 Å². The Hall–Kier alpha value is -1.39. The topological polar surface area (TPSA) is 50.4 Å². The Morgan fingerprint density at radius 3 is 2.59 bits per heavy atom. The maximum absolute atomic E-state index is 12.8. The van der Waals surface area contributed by atoms with Gasteiger partial charge in [0.05, 0.1) is 0 Å². The normalized spacial score (nSPS) is 22.0. The summed E-state index contributed by atoms with van der Waals surface area (Å²) in [6.07, 6.45) is 4.85. The van der Waals surface area contributed by atoms with Crippen LogP contribution in [0.5, 0.6) is 0 Å². The van der Waals surface area contributed by atoms with Crippen LogP contribution < -0.4 is 10.6 Å². The van der Waals surface area contributed by atoms with Crippen LogP contribution in [0.2, 0.25) is 0 Å². The molecule has 1 aliphatic heterocycles. The molecule has 22 heavy (non-hydrogen) atoms. The molecule has 1 saturated carbocycles. The second-order valence-corrected chi connectivity index (χ2v) is 6.56. The van der Waals surface area contributed by atoms with Crippen LogP contribution in [0.25, 0.3) is 0 Å². The van der Waals surface area contributed by atoms with E-state index < -0.39 is 5.60 Å². The number of hydrogen-bond acceptors (Lipinski definition) is 3. The van der Waals surface area contributed by atoms with E-state index in [1.807, 2.05) is 6.07 Å². The lowest BCUT2D eigenvalue weighted by Gasteiger charge is -2.36. The van der Waals surface area contributed by atoms with Gasteiger partial charge in [0.2, 0.25) is 0 Å². The van der Waals surface area contributed by atoms with Crippen LogP contribution in [0.4, 0.5) is 0 Å². The number of benzene rings is 1. The van der Waals surface area contributed by atoms with Crippen molar-refractivity contribution in [1.29, 1.82) is 0 Å². The summed E-state index contributed by atoms with van der Waals surface area (Å²) in [4.78, 5) is 12.8. The van der Waals surface area contributed by atoms with Gasteiger partial charge < -0.3 is 15.4 Å². The van der Waals surface area contributed by atoms with E-state index in [1.54, 1.807) is 7.11 Å². The number of ether oxygens (including phenoxy) is 1. The van der Waals surface area contributed by atoms with Crippen molar-refractivity contribution >= 4 is 5.91 Å². The first-order chi connectivity index (χ1) is 10.7. The molecule has 1 aromatic rings. The average Bonchev–Trinajstić information content (AvgIpc) is 3.40. The third kappa shape index (κ3) is 3.50. The van der Waals surface area contributed by atoms with E-state index in [1.165, 1.54) is 18.4 Å². The monoisotopic (exact) mass is 302 g/mol. The molecule has 2 aliphatic rings. The lowest BCUT2D eigenvalue weighted by atomic mass is 9.90. The number of amides is 1. The molecule has 0 radical (unpaired) electrons. The predicted octanol–water partition coefficient (Wildman–Crippen LogP) is 1.89. The van der Waals surface area contributed by atoms with Crippen LogP contribution in [-0.2, 0) is 16.0 Å². The molecule has 2 fully saturated rings. The molecule has 0 aromatic heterocycles. The molecule has 0 bridgehead atoms. The van der Waals surface area contributed by atoms with Crippen molar-refractivity contribution in [3.8, 4) is 0 Å². The molecule has 1 atom stereocenters. The smallest absolute Gasteiger partial charge is 0.252 e. The third-order valence-corrected chi connectivity index (χ3v) is 5.02. The molecule has 1 amide bonds. The van der Waals surface area contributed by atoms with E-state index in [9.17, 15) is 4.79 Å². The second kappa shape index (κ2) is 6.80. The van der Waals surface area contributed by atoms with Crippen LogP contribution in [0.1, 0.15) is 31.2 Å². The van der Waals surface area contributed by atoms with E-state index >= 15 is 0 Å². The van der Waals surface area contributed by atoms with Gasteiger partial charge in [0, 0.05) is 13.2 Å². The van der Waals surface area contributed by atoms with Crippen LogP contribution in [0.3, 0.4) is 0 Å². The largest absolute Gasteiger partial charge is 0.368 e. The van der Waals surface area contributed by atoms with E-state index in [0.29, 0.717) is 5.92 Å². The summed E-state index contributed by atoms with van der Waals surface area (Å²) in [7, 11) is 1.66. The maximum atomic E-state index is 12.8. The highest BCUT2D eigenvalue weighted by atomic mass is 16.5. The molecule has 4 nitrogen and oxygen atoms in total. The molecule has 1 heterocycles. The summed E-state index contributed by atoms with van der Waals surface area (Å²) < 4.78 is 5.64. The molecular formula is C18H26N2O2. The quantitative estimate of drug-likeness (QED) is 0.844. The zero-order chi connectivity index (χ0) is 15.4. The van der Waals surface area contributed by atoms with Gasteiger partial charge in [-0.2, -0.15) is 0 Å². The summed E-state index contributed by atoms with van der Waals surface area (Å²) >= 11 is 0. The van der Waals surface area contributed by atoms with Gasteiger partial charge in [0.1, 0.15) is 5.60 Å². The van der Waals surface area contributed by atoms with Crippen molar-refractivity contribution in [2.24, 2.45) is 5.92 Å². The Morgan fingerprint density at radius 2 is 2.00 bits per heavy atom. The molecule has 1 aliphatic carbocycles. The molecule has 3 rings (SSSR count). The lowest BCUT2D eigenvalue weighted by Crippen LogP contribution is -2.56. The number of carbonyl (C=O) groups excluding carboxylic acids is 1. The minimum Gasteiger partial charge on any atom is -0.368 e. The van der Waals surface area contributed by atoms with E-state index in [4.69, 9.17) is 4.74 Å². The molecule has 4 heteroatoms. The summed E-state index contributed by atoms with van der Waals surface area (Å²) in [5, 5.41) is 6.59. The Morgan fingerprint density at radius 1 is 1.32 bits per heavy atom. The van der Waals surface area contributed by atoms with Crippen molar-refractivity contribution in [3.05, 3.63) is 35.9 Å². The van der Waals surface area contributed by atoms with Crippen molar-refractivity contribution in [2.75, 3.05) is 20.2 Å². The number of hydrogen-bond donors (Lipinski definition) is 2. The summed E-state index contributed by atoms with van der Waals surface area (Å²) in [5.74, 6) is 0.698. The van der Waals surface area contributed by atoms with E-state index in [0.717, 1.165) is 32.4 Å². The maximum Gasteiger partial charge on any atom is 0.252 e. The van der Waals surface area contributed by atoms with Crippen LogP contribution in [0.15, 0.2) is 30.3 Å². The van der Waals surface area contributed by atoms with Gasteiger partial charge in [-0.3, -0.25) is 4.79 Å². The highest BCUT2D eigenvalue weighted by Crippen LogP contribution is 2.35. The Kier molecular flexibility index (Phi) is 4.79. The standard InChI is InChI=1S/C18H26N2O2/c1-22-18(9-11-19-12-10-18)17(21)20-16(15-7-8-15)13-14-5-3-2-4-6-14/h2-6,15-16,19H,7-13H2,1H3,(H,20,21). The third-order valence-electron chi connectivity index (χ3n) is 5.02. The second-order valence-electron chi connectivity index (χ2n) is 6.56. The Balaban J connectivity index is 1.66. The Labute approximate surface area is 132 Å². The fourth-order valence-electron chi connectivity index (χ4n) is 3.36. The van der Waals surface area contributed by atoms with Crippen molar-refractivity contribution in [2.45, 2.75) is 43.7 Å². The van der Waals surface area contributed by atoms with Crippen LogP contribution in [-0.4, -0.2) is 37.7 Å². The van der Waals surface area contributed by atoms with Crippen molar-refractivity contribution in [3.63, 3.8) is 0 Å². The van der Waals surface area contributed by atoms with Gasteiger partial charge in [-0.15, -0.1) is 0 Å². The van der Waals surface area contributed by atoms with Crippen molar-refractivity contribution < 1.29 is 9.53 Å². The van der Waals surface area contributed by atoms with E-state index in [-0.39, 0.29) is 11.9 Å². The molecule has 2 N–H and O–H groups in total. The highest BCUT2D eigenvalue weighted by molar-refractivity contribution is 5.85. The van der Waals surface area contributed by atoms with Gasteiger partial charge in [0.25, 0.3) is 5.91 Å². The predicted molar refractivity (Wildman–Crippen MR) is 86.6 cm³/mol. The Bertz CT molecular complexity index is 493. The molecule has 1 aromatic carbocycles. The zero-order valence-electron chi connectivity index (χ0n) is 13.3. The molecule has 1 unspecified atom stereocenters. The summed E-state index contributed by atoms with van der Waals surface area (Å²) in [6.45, 7) is 1.68. The fraction of sp³-hybridized carbons (Fsp3) is 0.611. The molecule has 1 saturated heterocycles. The minimum atomic E-state index is -0.644. The molecule has 120 valence electrons. The number of rotatable bonds is 6. The minimum absolute atomic E-state index is 0.0735. The van der Waals surface area contributed by atoms with Gasteiger partial charge in [0.15, 0.2) is 0 Å². The number of piperidine rings is 1. The number of methoxy groups -OCH3 is 1. The van der Waals surface area contributed by atoms with Gasteiger partial charge in [-0.05, 0) is 56.7 Å². The van der Waals surface area contributed by atoms with Gasteiger partial charge in [-0.1, -0.05) is 30.3 Å². The van der Waals surface area contributed by atoms with E-state index in [2.05, 4.69) is 34.9 Å². The summed E-state index contributed by atoms with van der Waals surface area (Å²) in [5.41, 5.74) is 0.645. The lowest BCUT2D eigenvalue weighted by molar-refractivity contribution is -0.147. The zero-order valence-corrected chi connectivity index (χ0v) is 13.3.